The van der Waals surface area contributed by atoms with Crippen molar-refractivity contribution in [3.05, 3.63) is 230 Å². The van der Waals surface area contributed by atoms with Gasteiger partial charge in [-0.05, 0) is 85.5 Å². The van der Waals surface area contributed by atoms with Gasteiger partial charge in [0.1, 0.15) is 0 Å². The molecule has 2 nitrogen and oxygen atoms in total. The number of hydrogen-bond donors (Lipinski definition) is 0. The van der Waals surface area contributed by atoms with E-state index in [1.165, 1.54) is 98.0 Å². The van der Waals surface area contributed by atoms with Gasteiger partial charge < -0.3 is 9.13 Å². The van der Waals surface area contributed by atoms with Gasteiger partial charge in [0.15, 0.2) is 8.07 Å². The first-order valence-electron chi connectivity index (χ1n) is 21.0. The molecule has 12 rings (SSSR count). The van der Waals surface area contributed by atoms with Gasteiger partial charge in [0.2, 0.25) is 0 Å². The Morgan fingerprint density at radius 1 is 0.367 bits per heavy atom. The Labute approximate surface area is 351 Å². The van der Waals surface area contributed by atoms with Crippen molar-refractivity contribution in [2.75, 3.05) is 0 Å². The maximum atomic E-state index is 2.51. The Bertz CT molecular complexity index is 3390. The molecule has 11 aromatic rings. The lowest BCUT2D eigenvalue weighted by Gasteiger charge is -2.35. The molecule has 9 aromatic carbocycles. The molecule has 2 aromatic heterocycles. The van der Waals surface area contributed by atoms with Crippen LogP contribution in [0.5, 0.6) is 0 Å². The van der Waals surface area contributed by atoms with Gasteiger partial charge >= 0.3 is 0 Å². The van der Waals surface area contributed by atoms with Crippen LogP contribution in [0.4, 0.5) is 0 Å². The summed E-state index contributed by atoms with van der Waals surface area (Å²) in [5.74, 6) is 0. The van der Waals surface area contributed by atoms with Gasteiger partial charge in [-0.15, -0.1) is 0 Å². The third-order valence-corrected chi connectivity index (χ3v) is 18.2. The van der Waals surface area contributed by atoms with Crippen LogP contribution in [0.2, 0.25) is 0 Å². The van der Waals surface area contributed by atoms with Crippen molar-refractivity contribution >= 4 is 72.4 Å². The van der Waals surface area contributed by atoms with Crippen LogP contribution >= 0.6 is 0 Å². The molecule has 0 saturated carbocycles. The summed E-state index contributed by atoms with van der Waals surface area (Å²) in [5.41, 5.74) is 12.7. The predicted molar refractivity (Wildman–Crippen MR) is 256 cm³/mol. The van der Waals surface area contributed by atoms with E-state index in [4.69, 9.17) is 0 Å². The highest BCUT2D eigenvalue weighted by molar-refractivity contribution is 7.20. The van der Waals surface area contributed by atoms with Gasteiger partial charge in [0.25, 0.3) is 0 Å². The predicted octanol–water partition coefficient (Wildman–Crippen LogP) is 11.6. The van der Waals surface area contributed by atoms with Gasteiger partial charge in [0, 0.05) is 38.3 Å². The molecule has 0 fully saturated rings. The molecule has 0 saturated heterocycles. The van der Waals surface area contributed by atoms with E-state index in [2.05, 4.69) is 241 Å². The van der Waals surface area contributed by atoms with Gasteiger partial charge in [-0.3, -0.25) is 0 Å². The Balaban J connectivity index is 1.15. The zero-order valence-electron chi connectivity index (χ0n) is 33.7. The van der Waals surface area contributed by atoms with E-state index in [0.717, 1.165) is 0 Å². The molecule has 0 spiro atoms. The smallest absolute Gasteiger partial charge is 0.181 e. The Kier molecular flexibility index (Phi) is 7.63. The fourth-order valence-electron chi connectivity index (χ4n) is 11.0. The summed E-state index contributed by atoms with van der Waals surface area (Å²) < 4.78 is 5.01. The Hall–Kier alpha value is -7.20. The van der Waals surface area contributed by atoms with Crippen LogP contribution in [0.15, 0.2) is 218 Å². The first-order chi connectivity index (χ1) is 29.6. The monoisotopic (exact) mass is 782 g/mol. The van der Waals surface area contributed by atoms with Crippen molar-refractivity contribution in [1.82, 2.24) is 9.13 Å². The molecule has 0 bridgehead atoms. The fraction of sp³-hybridized carbons (Fsp3) is 0.0526. The van der Waals surface area contributed by atoms with E-state index in [1.807, 2.05) is 0 Å². The SMILES string of the molecule is CC1(C)c2ccccc2-c2ccc3c(c21)c1ccccc1n3-c1ccc([Si](c2ccccc2)(c2ccccc2)c2cccc3c4ccccc4n(-c4ccccc4)c23)cc1. The summed E-state index contributed by atoms with van der Waals surface area (Å²) in [4.78, 5) is 0. The molecule has 2 heterocycles. The van der Waals surface area contributed by atoms with Crippen LogP contribution in [0, 0.1) is 0 Å². The lowest BCUT2D eigenvalue weighted by molar-refractivity contribution is 0.666. The second kappa shape index (κ2) is 13.2. The first kappa shape index (κ1) is 34.8. The Morgan fingerprint density at radius 3 is 1.60 bits per heavy atom. The number of nitrogens with zero attached hydrogens (tertiary/aromatic N) is 2. The summed E-state index contributed by atoms with van der Waals surface area (Å²) in [5, 5.41) is 10.6. The van der Waals surface area contributed by atoms with E-state index in [1.54, 1.807) is 0 Å². The highest BCUT2D eigenvalue weighted by Crippen LogP contribution is 2.53. The normalized spacial score (nSPS) is 13.3. The highest BCUT2D eigenvalue weighted by Gasteiger charge is 2.44. The van der Waals surface area contributed by atoms with Crippen LogP contribution in [-0.4, -0.2) is 17.2 Å². The molecule has 0 aliphatic heterocycles. The minimum atomic E-state index is -3.01. The zero-order valence-corrected chi connectivity index (χ0v) is 34.7. The van der Waals surface area contributed by atoms with Crippen molar-refractivity contribution in [3.8, 4) is 22.5 Å². The van der Waals surface area contributed by atoms with Crippen molar-refractivity contribution < 1.29 is 0 Å². The second-order valence-electron chi connectivity index (χ2n) is 16.8. The van der Waals surface area contributed by atoms with Crippen LogP contribution in [0.3, 0.4) is 0 Å². The third-order valence-electron chi connectivity index (χ3n) is 13.4. The molecular formula is C57H42N2Si. The minimum absolute atomic E-state index is 0.121. The molecule has 60 heavy (non-hydrogen) atoms. The number of aromatic nitrogens is 2. The molecule has 1 aliphatic rings. The summed E-state index contributed by atoms with van der Waals surface area (Å²) >= 11 is 0. The van der Waals surface area contributed by atoms with Crippen LogP contribution in [-0.2, 0) is 5.41 Å². The highest BCUT2D eigenvalue weighted by atomic mass is 28.3. The van der Waals surface area contributed by atoms with E-state index < -0.39 is 8.07 Å². The van der Waals surface area contributed by atoms with E-state index in [9.17, 15) is 0 Å². The molecule has 0 atom stereocenters. The first-order valence-corrected chi connectivity index (χ1v) is 23.0. The summed E-state index contributed by atoms with van der Waals surface area (Å²) in [6.45, 7) is 4.79. The number of para-hydroxylation sites is 4. The number of benzene rings is 9. The van der Waals surface area contributed by atoms with Gasteiger partial charge in [0.05, 0.1) is 22.1 Å². The van der Waals surface area contributed by atoms with Crippen molar-refractivity contribution in [2.24, 2.45) is 0 Å². The number of hydrogen-bond acceptors (Lipinski definition) is 0. The summed E-state index contributed by atoms with van der Waals surface area (Å²) in [6.07, 6.45) is 0. The van der Waals surface area contributed by atoms with Crippen LogP contribution in [0.1, 0.15) is 25.0 Å². The zero-order chi connectivity index (χ0) is 40.0. The standard InChI is InChI=1S/C57H42N2Si/c1-57(2)49-29-15-12-25-44(49)46-37-38-52-54(55(46)57)48-27-14-17-31-51(48)58(52)40-33-35-43(36-34-40)60(41-21-8-4-9-22-41,42-23-10-5-11-24-42)53-32-18-28-47-45-26-13-16-30-50(45)59(56(47)53)39-19-6-3-7-20-39/h3-38H,1-2H3. The van der Waals surface area contributed by atoms with Crippen LogP contribution < -0.4 is 20.7 Å². The molecule has 0 radical (unpaired) electrons. The summed E-state index contributed by atoms with van der Waals surface area (Å²) in [7, 11) is -3.01. The molecule has 1 aliphatic carbocycles. The minimum Gasteiger partial charge on any atom is -0.309 e. The van der Waals surface area contributed by atoms with Crippen molar-refractivity contribution in [1.29, 1.82) is 0 Å². The average Bonchev–Trinajstić information content (AvgIpc) is 3.91. The molecular weight excluding hydrogens is 741 g/mol. The third kappa shape index (κ3) is 4.75. The maximum Gasteiger partial charge on any atom is 0.181 e. The molecule has 0 N–H and O–H groups in total. The largest absolute Gasteiger partial charge is 0.309 e. The molecule has 0 amide bonds. The quantitative estimate of drug-likeness (QED) is 0.117. The van der Waals surface area contributed by atoms with Crippen molar-refractivity contribution in [3.63, 3.8) is 0 Å². The summed E-state index contributed by atoms with van der Waals surface area (Å²) in [6, 6.07) is 81.8. The van der Waals surface area contributed by atoms with E-state index in [-0.39, 0.29) is 5.41 Å². The average molecular weight is 783 g/mol. The Morgan fingerprint density at radius 2 is 0.900 bits per heavy atom. The molecule has 3 heteroatoms. The topological polar surface area (TPSA) is 9.86 Å². The van der Waals surface area contributed by atoms with Gasteiger partial charge in [-0.1, -0.05) is 190 Å². The van der Waals surface area contributed by atoms with E-state index in [0.29, 0.717) is 0 Å². The lowest BCUT2D eigenvalue weighted by atomic mass is 9.80. The number of rotatable bonds is 6. The molecule has 284 valence electrons. The van der Waals surface area contributed by atoms with Gasteiger partial charge in [-0.2, -0.15) is 0 Å². The second-order valence-corrected chi connectivity index (χ2v) is 20.6. The molecule has 0 unspecified atom stereocenters. The maximum absolute atomic E-state index is 3.01. The van der Waals surface area contributed by atoms with E-state index >= 15 is 0 Å². The van der Waals surface area contributed by atoms with Gasteiger partial charge in [-0.25, -0.2) is 0 Å². The lowest BCUT2D eigenvalue weighted by Crippen LogP contribution is -2.75. The van der Waals surface area contributed by atoms with Crippen molar-refractivity contribution in [2.45, 2.75) is 19.3 Å². The fourth-order valence-corrected chi connectivity index (χ4v) is 15.9. The van der Waals surface area contributed by atoms with Crippen LogP contribution in [0.25, 0.3) is 66.1 Å². The number of fused-ring (bicyclic) bond motifs is 10.